The number of nitrogens with one attached hydrogen (secondary N) is 1. The Bertz CT molecular complexity index is 184. The fraction of sp³-hybridized carbons (Fsp3) is 0.714. The molecule has 0 unspecified atom stereocenters. The number of nitrogens with zero attached hydrogens (tertiary/aromatic N) is 2. The van der Waals surface area contributed by atoms with E-state index in [0.29, 0.717) is 20.8 Å². The minimum atomic E-state index is 0.434. The number of hydrogen-bond acceptors (Lipinski definition) is 2. The van der Waals surface area contributed by atoms with Crippen LogP contribution in [0.2, 0.25) is 5.32 Å². The van der Waals surface area contributed by atoms with Gasteiger partial charge in [0.2, 0.25) is 0 Å². The van der Waals surface area contributed by atoms with Gasteiger partial charge in [-0.05, 0) is 0 Å². The van der Waals surface area contributed by atoms with E-state index in [2.05, 4.69) is 23.7 Å². The van der Waals surface area contributed by atoms with Crippen LogP contribution in [-0.2, 0) is 0 Å². The quantitative estimate of drug-likeness (QED) is 0.684. The zero-order chi connectivity index (χ0) is 8.27. The van der Waals surface area contributed by atoms with Gasteiger partial charge in [-0.3, -0.25) is 0 Å². The number of amidine groups is 2. The Kier molecular flexibility index (Phi) is 3.09. The van der Waals surface area contributed by atoms with Crippen LogP contribution in [0.5, 0.6) is 0 Å². The van der Waals surface area contributed by atoms with Gasteiger partial charge in [-0.15, -0.1) is 0 Å². The third-order valence-corrected chi connectivity index (χ3v) is 3.75. The standard InChI is InChI=1S/C7H13N3Se/c1-3-10(4-2)7-9-6(8)5-11-7/h8H,3-5H2,1-2H3. The van der Waals surface area contributed by atoms with Crippen LogP contribution >= 0.6 is 0 Å². The van der Waals surface area contributed by atoms with Crippen molar-refractivity contribution in [3.05, 3.63) is 0 Å². The number of rotatable bonds is 2. The van der Waals surface area contributed by atoms with Crippen molar-refractivity contribution in [2.24, 2.45) is 4.99 Å². The van der Waals surface area contributed by atoms with E-state index in [9.17, 15) is 0 Å². The fourth-order valence-corrected chi connectivity index (χ4v) is 2.95. The van der Waals surface area contributed by atoms with Crippen molar-refractivity contribution in [2.75, 3.05) is 13.1 Å². The molecule has 1 rings (SSSR count). The first-order valence-electron chi connectivity index (χ1n) is 3.81. The van der Waals surface area contributed by atoms with Gasteiger partial charge in [-0.1, -0.05) is 0 Å². The third kappa shape index (κ3) is 2.04. The van der Waals surface area contributed by atoms with E-state index < -0.39 is 0 Å². The van der Waals surface area contributed by atoms with Gasteiger partial charge >= 0.3 is 73.1 Å². The van der Waals surface area contributed by atoms with Crippen molar-refractivity contribution >= 4 is 25.5 Å². The normalized spacial score (nSPS) is 16.9. The van der Waals surface area contributed by atoms with Crippen LogP contribution in [-0.4, -0.2) is 43.5 Å². The zero-order valence-electron chi connectivity index (χ0n) is 6.92. The molecular formula is C7H13N3Se. The van der Waals surface area contributed by atoms with Crippen LogP contribution in [0.1, 0.15) is 13.8 Å². The van der Waals surface area contributed by atoms with Crippen LogP contribution in [0.25, 0.3) is 0 Å². The average Bonchev–Trinajstić information content (AvgIpc) is 2.39. The second-order valence-electron chi connectivity index (χ2n) is 2.30. The molecule has 0 spiro atoms. The summed E-state index contributed by atoms with van der Waals surface area (Å²) in [5.74, 6) is 0.562. The summed E-state index contributed by atoms with van der Waals surface area (Å²) in [6.07, 6.45) is 0. The summed E-state index contributed by atoms with van der Waals surface area (Å²) in [5.41, 5.74) is 0. The summed E-state index contributed by atoms with van der Waals surface area (Å²) in [6.45, 7) is 6.29. The molecule has 1 aliphatic rings. The molecule has 0 aromatic carbocycles. The van der Waals surface area contributed by atoms with Crippen LogP contribution < -0.4 is 0 Å². The molecule has 0 aromatic heterocycles. The molecule has 0 aliphatic carbocycles. The Morgan fingerprint density at radius 1 is 1.55 bits per heavy atom. The molecule has 0 saturated carbocycles. The second-order valence-corrected chi connectivity index (χ2v) is 4.28. The van der Waals surface area contributed by atoms with E-state index in [1.54, 1.807) is 0 Å². The van der Waals surface area contributed by atoms with Gasteiger partial charge in [0.1, 0.15) is 0 Å². The van der Waals surface area contributed by atoms with Gasteiger partial charge in [0.15, 0.2) is 0 Å². The summed E-state index contributed by atoms with van der Waals surface area (Å²) in [4.78, 5) is 6.42. The summed E-state index contributed by atoms with van der Waals surface area (Å²) < 4.78 is 1.16. The van der Waals surface area contributed by atoms with Gasteiger partial charge in [0.05, 0.1) is 0 Å². The molecule has 0 aromatic rings. The maximum atomic E-state index is 7.32. The van der Waals surface area contributed by atoms with Crippen molar-refractivity contribution < 1.29 is 0 Å². The Balaban J connectivity index is 2.58. The fourth-order valence-electron chi connectivity index (χ4n) is 0.969. The molecule has 4 heteroatoms. The molecule has 0 amide bonds. The molecule has 1 N–H and O–H groups in total. The van der Waals surface area contributed by atoms with E-state index in [4.69, 9.17) is 5.41 Å². The first-order valence-corrected chi connectivity index (χ1v) is 5.88. The van der Waals surface area contributed by atoms with E-state index in [1.165, 1.54) is 0 Å². The molecular weight excluding hydrogens is 205 g/mol. The Morgan fingerprint density at radius 3 is 2.55 bits per heavy atom. The molecule has 0 saturated heterocycles. The first-order chi connectivity index (χ1) is 5.27. The van der Waals surface area contributed by atoms with Crippen molar-refractivity contribution in [1.82, 2.24) is 4.90 Å². The topological polar surface area (TPSA) is 39.5 Å². The van der Waals surface area contributed by atoms with E-state index in [1.807, 2.05) is 0 Å². The number of hydrogen-bond donors (Lipinski definition) is 1. The number of aliphatic imine (C=N–C) groups is 1. The van der Waals surface area contributed by atoms with Crippen molar-refractivity contribution in [2.45, 2.75) is 19.2 Å². The molecule has 11 heavy (non-hydrogen) atoms. The molecule has 0 bridgehead atoms. The second kappa shape index (κ2) is 3.88. The Hall–Kier alpha value is -0.341. The summed E-state index contributed by atoms with van der Waals surface area (Å²) in [7, 11) is 0. The Labute approximate surface area is 73.5 Å². The summed E-state index contributed by atoms with van der Waals surface area (Å²) in [6, 6.07) is 0. The van der Waals surface area contributed by atoms with E-state index in [0.717, 1.165) is 23.1 Å². The van der Waals surface area contributed by atoms with Crippen molar-refractivity contribution in [1.29, 1.82) is 5.41 Å². The Morgan fingerprint density at radius 2 is 2.18 bits per heavy atom. The van der Waals surface area contributed by atoms with E-state index >= 15 is 0 Å². The van der Waals surface area contributed by atoms with Gasteiger partial charge in [0, 0.05) is 0 Å². The monoisotopic (exact) mass is 219 g/mol. The molecule has 3 nitrogen and oxygen atoms in total. The van der Waals surface area contributed by atoms with Gasteiger partial charge < -0.3 is 0 Å². The van der Waals surface area contributed by atoms with E-state index in [-0.39, 0.29) is 0 Å². The average molecular weight is 218 g/mol. The molecule has 1 heterocycles. The molecule has 0 fully saturated rings. The van der Waals surface area contributed by atoms with Crippen LogP contribution in [0.3, 0.4) is 0 Å². The molecule has 1 aliphatic heterocycles. The maximum absolute atomic E-state index is 7.32. The molecule has 62 valence electrons. The van der Waals surface area contributed by atoms with Crippen LogP contribution in [0.4, 0.5) is 0 Å². The van der Waals surface area contributed by atoms with Gasteiger partial charge in [0.25, 0.3) is 0 Å². The predicted molar refractivity (Wildman–Crippen MR) is 48.6 cm³/mol. The van der Waals surface area contributed by atoms with Gasteiger partial charge in [-0.2, -0.15) is 0 Å². The summed E-state index contributed by atoms with van der Waals surface area (Å²) in [5, 5.41) is 8.21. The first kappa shape index (κ1) is 8.75. The van der Waals surface area contributed by atoms with Crippen molar-refractivity contribution in [3.8, 4) is 0 Å². The van der Waals surface area contributed by atoms with Crippen LogP contribution in [0.15, 0.2) is 4.99 Å². The zero-order valence-corrected chi connectivity index (χ0v) is 8.64. The molecule has 0 atom stereocenters. The SMILES string of the molecule is CCN(CC)C1=NC(=N)C[Se]1. The third-order valence-electron chi connectivity index (χ3n) is 1.60. The predicted octanol–water partition coefficient (Wildman–Crippen LogP) is 0.798. The minimum absolute atomic E-state index is 0.434. The van der Waals surface area contributed by atoms with Gasteiger partial charge in [-0.25, -0.2) is 0 Å². The summed E-state index contributed by atoms with van der Waals surface area (Å²) >= 11 is 0.434. The van der Waals surface area contributed by atoms with Crippen molar-refractivity contribution in [3.63, 3.8) is 0 Å². The molecule has 0 radical (unpaired) electrons. The van der Waals surface area contributed by atoms with Crippen LogP contribution in [0, 0.1) is 5.41 Å².